The van der Waals surface area contributed by atoms with Crippen molar-refractivity contribution in [1.29, 1.82) is 0 Å². The Balaban J connectivity index is 1.63. The Labute approximate surface area is 206 Å². The number of benzene rings is 1. The maximum atomic E-state index is 3.88. The lowest BCUT2D eigenvalue weighted by Gasteiger charge is -2.49. The lowest BCUT2D eigenvalue weighted by molar-refractivity contribution is 0.0696. The summed E-state index contributed by atoms with van der Waals surface area (Å²) in [5.74, 6) is 2.76. The van der Waals surface area contributed by atoms with E-state index in [0.29, 0.717) is 0 Å². The van der Waals surface area contributed by atoms with Gasteiger partial charge in [0.2, 0.25) is 0 Å². The molecule has 3 rings (SSSR count). The van der Waals surface area contributed by atoms with Gasteiger partial charge in [-0.25, -0.2) is 0 Å². The number of piperidine rings is 1. The fourth-order valence-electron chi connectivity index (χ4n) is 7.53. The van der Waals surface area contributed by atoms with Crippen LogP contribution in [0.1, 0.15) is 136 Å². The van der Waals surface area contributed by atoms with E-state index >= 15 is 0 Å². The van der Waals surface area contributed by atoms with Gasteiger partial charge < -0.3 is 5.32 Å². The van der Waals surface area contributed by atoms with Crippen LogP contribution in [0.5, 0.6) is 0 Å². The van der Waals surface area contributed by atoms with E-state index in [2.05, 4.69) is 93.6 Å². The summed E-state index contributed by atoms with van der Waals surface area (Å²) in [6, 6.07) is 5.07. The SMILES string of the molecule is Cc1c(C(C)(C)C)cc(CCC2CCC(C3CC(C)(C)NC(C)(C)C3)CC2)cc1C(C)(C)C. The Kier molecular flexibility index (Phi) is 7.57. The number of hydrogen-bond donors (Lipinski definition) is 1. The third-order valence-corrected chi connectivity index (χ3v) is 8.70. The Morgan fingerprint density at radius 3 is 1.64 bits per heavy atom. The number of hydrogen-bond acceptors (Lipinski definition) is 1. The van der Waals surface area contributed by atoms with Crippen molar-refractivity contribution >= 4 is 0 Å². The van der Waals surface area contributed by atoms with Crippen LogP contribution >= 0.6 is 0 Å². The van der Waals surface area contributed by atoms with Crippen molar-refractivity contribution in [3.63, 3.8) is 0 Å². The van der Waals surface area contributed by atoms with Gasteiger partial charge in [-0.3, -0.25) is 0 Å². The highest BCUT2D eigenvalue weighted by Gasteiger charge is 2.41. The van der Waals surface area contributed by atoms with E-state index in [1.165, 1.54) is 56.9 Å². The first-order chi connectivity index (χ1) is 15.0. The van der Waals surface area contributed by atoms with Gasteiger partial charge in [-0.1, -0.05) is 66.5 Å². The Morgan fingerprint density at radius 2 is 1.21 bits per heavy atom. The average Bonchev–Trinajstić information content (AvgIpc) is 2.63. The minimum absolute atomic E-state index is 0.203. The molecular weight excluding hydrogens is 398 g/mol. The molecule has 0 aromatic heterocycles. The Hall–Kier alpha value is -0.820. The molecule has 2 fully saturated rings. The zero-order valence-electron chi connectivity index (χ0n) is 24.0. The number of aryl methyl sites for hydroxylation is 1. The van der Waals surface area contributed by atoms with E-state index in [9.17, 15) is 0 Å². The normalized spacial score (nSPS) is 26.4. The molecule has 33 heavy (non-hydrogen) atoms. The van der Waals surface area contributed by atoms with Crippen molar-refractivity contribution in [2.75, 3.05) is 0 Å². The molecule has 1 saturated carbocycles. The topological polar surface area (TPSA) is 12.0 Å². The summed E-state index contributed by atoms with van der Waals surface area (Å²) in [5, 5.41) is 3.88. The minimum atomic E-state index is 0.203. The molecule has 1 heterocycles. The first-order valence-corrected chi connectivity index (χ1v) is 13.9. The van der Waals surface area contributed by atoms with Gasteiger partial charge in [-0.15, -0.1) is 0 Å². The molecule has 0 radical (unpaired) electrons. The monoisotopic (exact) mass is 453 g/mol. The molecule has 1 nitrogen and oxygen atoms in total. The second-order valence-corrected chi connectivity index (χ2v) is 15.2. The molecule has 0 spiro atoms. The fraction of sp³-hybridized carbons (Fsp3) is 0.812. The van der Waals surface area contributed by atoms with Crippen LogP contribution in [0.3, 0.4) is 0 Å². The lowest BCUT2D eigenvalue weighted by Crippen LogP contribution is -2.58. The second-order valence-electron chi connectivity index (χ2n) is 15.2. The maximum Gasteiger partial charge on any atom is 0.0132 e. The zero-order valence-corrected chi connectivity index (χ0v) is 24.0. The van der Waals surface area contributed by atoms with E-state index in [-0.39, 0.29) is 21.9 Å². The van der Waals surface area contributed by atoms with Crippen molar-refractivity contribution in [3.05, 3.63) is 34.4 Å². The largest absolute Gasteiger partial charge is 0.307 e. The number of rotatable bonds is 4. The summed E-state index contributed by atoms with van der Waals surface area (Å²) in [4.78, 5) is 0. The molecule has 1 aliphatic heterocycles. The van der Waals surface area contributed by atoms with Crippen LogP contribution in [0.4, 0.5) is 0 Å². The molecule has 0 bridgehead atoms. The zero-order chi connectivity index (χ0) is 24.8. The fourth-order valence-corrected chi connectivity index (χ4v) is 7.53. The molecule has 2 aliphatic rings. The summed E-state index contributed by atoms with van der Waals surface area (Å²) in [5.41, 5.74) is 7.14. The number of nitrogens with one attached hydrogen (secondary N) is 1. The molecule has 1 aromatic rings. The quantitative estimate of drug-likeness (QED) is 0.480. The highest BCUT2D eigenvalue weighted by molar-refractivity contribution is 5.45. The van der Waals surface area contributed by atoms with Crippen molar-refractivity contribution in [2.24, 2.45) is 17.8 Å². The van der Waals surface area contributed by atoms with Crippen LogP contribution in [-0.4, -0.2) is 11.1 Å². The highest BCUT2D eigenvalue weighted by atomic mass is 15.0. The molecule has 1 saturated heterocycles. The summed E-state index contributed by atoms with van der Waals surface area (Å²) in [7, 11) is 0. The summed E-state index contributed by atoms with van der Waals surface area (Å²) < 4.78 is 0. The standard InChI is InChI=1S/C32H55N/c1-22-27(29(2,3)4)18-24(19-28(22)30(5,6)7)13-12-23-14-16-25(17-15-23)26-20-31(8,9)33-32(10,11)21-26/h18-19,23,25-26,33H,12-17,20-21H2,1-11H3. The van der Waals surface area contributed by atoms with Gasteiger partial charge in [0.25, 0.3) is 0 Å². The van der Waals surface area contributed by atoms with Gasteiger partial charge in [0.05, 0.1) is 0 Å². The molecule has 1 N–H and O–H groups in total. The minimum Gasteiger partial charge on any atom is -0.307 e. The van der Waals surface area contributed by atoms with Crippen molar-refractivity contribution in [3.8, 4) is 0 Å². The predicted molar refractivity (Wildman–Crippen MR) is 146 cm³/mol. The summed E-state index contributed by atoms with van der Waals surface area (Å²) in [6.07, 6.45) is 11.1. The first kappa shape index (κ1) is 26.8. The molecular formula is C32H55N. The molecule has 1 heteroatoms. The Morgan fingerprint density at radius 1 is 0.758 bits per heavy atom. The van der Waals surface area contributed by atoms with Gasteiger partial charge in [0.1, 0.15) is 0 Å². The van der Waals surface area contributed by atoms with E-state index in [0.717, 1.165) is 17.8 Å². The highest BCUT2D eigenvalue weighted by Crippen LogP contribution is 2.44. The van der Waals surface area contributed by atoms with Crippen LogP contribution in [-0.2, 0) is 17.3 Å². The Bertz CT molecular complexity index is 755. The van der Waals surface area contributed by atoms with E-state index in [4.69, 9.17) is 0 Å². The van der Waals surface area contributed by atoms with E-state index < -0.39 is 0 Å². The molecule has 1 aliphatic carbocycles. The van der Waals surface area contributed by atoms with Gasteiger partial charge >= 0.3 is 0 Å². The lowest BCUT2D eigenvalue weighted by atomic mass is 9.65. The first-order valence-electron chi connectivity index (χ1n) is 13.9. The van der Waals surface area contributed by atoms with E-state index in [1.54, 1.807) is 16.7 Å². The van der Waals surface area contributed by atoms with Gasteiger partial charge in [-0.05, 0) is 124 Å². The van der Waals surface area contributed by atoms with Crippen LogP contribution in [0, 0.1) is 24.7 Å². The predicted octanol–water partition coefficient (Wildman–Crippen LogP) is 8.89. The van der Waals surface area contributed by atoms with Gasteiger partial charge in [-0.2, -0.15) is 0 Å². The molecule has 188 valence electrons. The molecule has 1 aromatic carbocycles. The van der Waals surface area contributed by atoms with Crippen molar-refractivity contribution in [2.45, 2.75) is 149 Å². The summed E-state index contributed by atoms with van der Waals surface area (Å²) in [6.45, 7) is 26.2. The van der Waals surface area contributed by atoms with Crippen LogP contribution in [0.15, 0.2) is 12.1 Å². The van der Waals surface area contributed by atoms with E-state index in [1.807, 2.05) is 0 Å². The van der Waals surface area contributed by atoms with Crippen molar-refractivity contribution < 1.29 is 0 Å². The molecule has 0 unspecified atom stereocenters. The third kappa shape index (κ3) is 6.87. The van der Waals surface area contributed by atoms with Crippen LogP contribution < -0.4 is 5.32 Å². The van der Waals surface area contributed by atoms with Crippen molar-refractivity contribution in [1.82, 2.24) is 5.32 Å². The average molecular weight is 454 g/mol. The molecule has 0 amide bonds. The van der Waals surface area contributed by atoms with Gasteiger partial charge in [0, 0.05) is 11.1 Å². The second kappa shape index (κ2) is 9.33. The van der Waals surface area contributed by atoms with Crippen LogP contribution in [0.25, 0.3) is 0 Å². The smallest absolute Gasteiger partial charge is 0.0132 e. The maximum absolute atomic E-state index is 3.88. The third-order valence-electron chi connectivity index (χ3n) is 8.70. The van der Waals surface area contributed by atoms with Gasteiger partial charge in [0.15, 0.2) is 0 Å². The molecule has 0 atom stereocenters. The summed E-state index contributed by atoms with van der Waals surface area (Å²) >= 11 is 0. The van der Waals surface area contributed by atoms with Crippen LogP contribution in [0.2, 0.25) is 0 Å².